The second kappa shape index (κ2) is 12.9. The fourth-order valence-corrected chi connectivity index (χ4v) is 12.6. The van der Waals surface area contributed by atoms with Gasteiger partial charge in [-0.05, 0) is 125 Å². The molecule has 4 bridgehead atoms. The predicted molar refractivity (Wildman–Crippen MR) is 239 cm³/mol. The normalized spacial score (nSPS) is 22.1. The highest BCUT2D eigenvalue weighted by Gasteiger charge is 2.54. The van der Waals surface area contributed by atoms with E-state index in [0.717, 1.165) is 63.4 Å². The van der Waals surface area contributed by atoms with Crippen molar-refractivity contribution in [3.63, 3.8) is 0 Å². The van der Waals surface area contributed by atoms with Crippen LogP contribution in [0.4, 0.5) is 0 Å². The fraction of sp³-hybridized carbons (Fsp3) is 0.196. The molecular weight excluding hydrogens is 731 g/mol. The molecule has 288 valence electrons. The number of nitrogens with zero attached hydrogens (tertiary/aromatic N) is 3. The molecule has 4 nitrogen and oxygen atoms in total. The first-order valence-electron chi connectivity index (χ1n) is 21.8. The highest BCUT2D eigenvalue weighted by atomic mass is 16.5. The van der Waals surface area contributed by atoms with Crippen molar-refractivity contribution in [2.45, 2.75) is 49.4 Å². The van der Waals surface area contributed by atoms with Crippen LogP contribution in [-0.2, 0) is 10.8 Å². The first kappa shape index (κ1) is 34.2. The Morgan fingerprint density at radius 3 is 1.58 bits per heavy atom. The number of ether oxygens (including phenoxy) is 1. The van der Waals surface area contributed by atoms with E-state index in [0.29, 0.717) is 0 Å². The molecule has 4 heteroatoms. The summed E-state index contributed by atoms with van der Waals surface area (Å²) in [6, 6.07) is 61.3. The summed E-state index contributed by atoms with van der Waals surface area (Å²) in [7, 11) is 0. The molecule has 0 saturated heterocycles. The number of rotatable bonds is 5. The van der Waals surface area contributed by atoms with Crippen LogP contribution in [0.3, 0.4) is 0 Å². The minimum Gasteiger partial charge on any atom is -0.457 e. The number of benzene rings is 7. The van der Waals surface area contributed by atoms with E-state index in [1.54, 1.807) is 0 Å². The molecule has 0 radical (unpaired) electrons. The minimum atomic E-state index is -0.500. The Kier molecular flexibility index (Phi) is 7.37. The van der Waals surface area contributed by atoms with Gasteiger partial charge in [0, 0.05) is 27.7 Å². The average Bonchev–Trinajstić information content (AvgIpc) is 3.59. The molecule has 7 aromatic carbocycles. The van der Waals surface area contributed by atoms with Crippen LogP contribution in [0.15, 0.2) is 170 Å². The van der Waals surface area contributed by atoms with Gasteiger partial charge in [0.15, 0.2) is 11.6 Å². The summed E-state index contributed by atoms with van der Waals surface area (Å²) >= 11 is 0. The summed E-state index contributed by atoms with van der Waals surface area (Å²) in [4.78, 5) is 16.1. The average molecular weight is 774 g/mol. The lowest BCUT2D eigenvalue weighted by atomic mass is 9.49. The van der Waals surface area contributed by atoms with E-state index in [-0.39, 0.29) is 5.41 Å². The van der Waals surface area contributed by atoms with Crippen LogP contribution >= 0.6 is 0 Å². The van der Waals surface area contributed by atoms with E-state index >= 15 is 0 Å². The van der Waals surface area contributed by atoms with E-state index in [1.165, 1.54) is 88.6 Å². The van der Waals surface area contributed by atoms with Crippen molar-refractivity contribution in [1.82, 2.24) is 15.0 Å². The summed E-state index contributed by atoms with van der Waals surface area (Å²) in [5.41, 5.74) is 13.8. The van der Waals surface area contributed by atoms with Gasteiger partial charge in [-0.1, -0.05) is 146 Å². The molecule has 2 heterocycles. The molecule has 14 rings (SSSR count). The quantitative estimate of drug-likeness (QED) is 0.175. The lowest BCUT2D eigenvalue weighted by molar-refractivity contribution is -0.00938. The maximum Gasteiger partial charge on any atom is 0.163 e. The number of hydrogen-bond donors (Lipinski definition) is 0. The maximum absolute atomic E-state index is 6.59. The van der Waals surface area contributed by atoms with Crippen LogP contribution in [0.2, 0.25) is 0 Å². The van der Waals surface area contributed by atoms with Crippen LogP contribution in [0, 0.1) is 17.8 Å². The second-order valence-electron chi connectivity index (χ2n) is 18.2. The first-order valence-corrected chi connectivity index (χ1v) is 21.8. The minimum absolute atomic E-state index is 0.0392. The third kappa shape index (κ3) is 5.06. The third-order valence-electron chi connectivity index (χ3n) is 14.7. The highest BCUT2D eigenvalue weighted by molar-refractivity contribution is 5.90. The highest BCUT2D eigenvalue weighted by Crippen LogP contribution is 2.63. The standard InChI is InChI=1S/C56H43N3O/c1-2-11-38(12-3-1)41-13-10-14-43(30-41)53-57-52(58-54(59-53)55-32-35-27-36(33-55)29-37(28-35)34-55)40-23-21-39(22-24-40)42-25-26-45-44-15-4-5-16-46(44)56(49(45)31-42)47-17-6-8-19-50(47)60-51-20-9-7-18-48(51)56/h1-26,30-31,35-37H,27-29,32-34H2. The molecule has 8 aromatic rings. The van der Waals surface area contributed by atoms with Crippen LogP contribution in [0.25, 0.3) is 56.2 Å². The van der Waals surface area contributed by atoms with Gasteiger partial charge in [0.2, 0.25) is 0 Å². The van der Waals surface area contributed by atoms with Crippen LogP contribution in [0.5, 0.6) is 11.5 Å². The summed E-state index contributed by atoms with van der Waals surface area (Å²) in [5, 5.41) is 0. The van der Waals surface area contributed by atoms with Crippen molar-refractivity contribution in [2.24, 2.45) is 17.8 Å². The van der Waals surface area contributed by atoms with Gasteiger partial charge in [0.25, 0.3) is 0 Å². The number of aromatic nitrogens is 3. The molecule has 6 aliphatic rings. The van der Waals surface area contributed by atoms with Gasteiger partial charge in [0.05, 0.1) is 5.41 Å². The molecule has 1 spiro atoms. The molecule has 5 aliphatic carbocycles. The molecule has 0 atom stereocenters. The van der Waals surface area contributed by atoms with Gasteiger partial charge in [-0.25, -0.2) is 15.0 Å². The Morgan fingerprint density at radius 2 is 0.883 bits per heavy atom. The molecule has 0 unspecified atom stereocenters. The molecule has 0 amide bonds. The van der Waals surface area contributed by atoms with Gasteiger partial charge >= 0.3 is 0 Å². The lowest BCUT2D eigenvalue weighted by Crippen LogP contribution is -2.49. The van der Waals surface area contributed by atoms with Gasteiger partial charge in [-0.3, -0.25) is 0 Å². The Bertz CT molecular complexity index is 2920. The first-order chi connectivity index (χ1) is 29.6. The van der Waals surface area contributed by atoms with Crippen molar-refractivity contribution in [3.8, 4) is 67.7 Å². The van der Waals surface area contributed by atoms with Crippen molar-refractivity contribution in [1.29, 1.82) is 0 Å². The van der Waals surface area contributed by atoms with E-state index < -0.39 is 5.41 Å². The molecule has 1 aliphatic heterocycles. The van der Waals surface area contributed by atoms with Crippen LogP contribution in [-0.4, -0.2) is 15.0 Å². The monoisotopic (exact) mass is 773 g/mol. The maximum atomic E-state index is 6.59. The van der Waals surface area contributed by atoms with E-state index in [1.807, 2.05) is 0 Å². The predicted octanol–water partition coefficient (Wildman–Crippen LogP) is 13.5. The summed E-state index contributed by atoms with van der Waals surface area (Å²) in [5.74, 6) is 6.74. The zero-order chi connectivity index (χ0) is 39.4. The van der Waals surface area contributed by atoms with Crippen molar-refractivity contribution in [2.75, 3.05) is 0 Å². The van der Waals surface area contributed by atoms with Gasteiger partial charge in [-0.2, -0.15) is 0 Å². The molecule has 60 heavy (non-hydrogen) atoms. The van der Waals surface area contributed by atoms with Gasteiger partial charge < -0.3 is 4.74 Å². The Morgan fingerprint density at radius 1 is 0.383 bits per heavy atom. The topological polar surface area (TPSA) is 47.9 Å². The largest absolute Gasteiger partial charge is 0.457 e. The van der Waals surface area contributed by atoms with Crippen molar-refractivity contribution < 1.29 is 4.74 Å². The van der Waals surface area contributed by atoms with E-state index in [2.05, 4.69) is 170 Å². The zero-order valence-electron chi connectivity index (χ0n) is 33.4. The zero-order valence-corrected chi connectivity index (χ0v) is 33.4. The second-order valence-corrected chi connectivity index (χ2v) is 18.2. The summed E-state index contributed by atoms with van der Waals surface area (Å²) in [6.07, 6.45) is 7.76. The van der Waals surface area contributed by atoms with E-state index in [9.17, 15) is 0 Å². The summed E-state index contributed by atoms with van der Waals surface area (Å²) in [6.45, 7) is 0. The summed E-state index contributed by atoms with van der Waals surface area (Å²) < 4.78 is 6.59. The van der Waals surface area contributed by atoms with Crippen LogP contribution < -0.4 is 4.74 Å². The Hall–Kier alpha value is -6.65. The SMILES string of the molecule is c1ccc(-c2cccc(-c3nc(-c4ccc(-c5ccc6c(c5)C5(c7ccccc7Oc7ccccc75)c5ccccc5-6)cc4)nc(C45CC6CC(CC(C6)C4)C5)n3)c2)cc1. The van der Waals surface area contributed by atoms with Crippen molar-refractivity contribution >= 4 is 0 Å². The third-order valence-corrected chi connectivity index (χ3v) is 14.7. The molecular formula is C56H43N3O. The number of fused-ring (bicyclic) bond motifs is 9. The van der Waals surface area contributed by atoms with Gasteiger partial charge in [0.1, 0.15) is 17.3 Å². The lowest BCUT2D eigenvalue weighted by Gasteiger charge is -2.56. The van der Waals surface area contributed by atoms with Gasteiger partial charge in [-0.15, -0.1) is 0 Å². The van der Waals surface area contributed by atoms with Crippen molar-refractivity contribution in [3.05, 3.63) is 198 Å². The molecule has 1 aromatic heterocycles. The molecule has 4 fully saturated rings. The smallest absolute Gasteiger partial charge is 0.163 e. The number of para-hydroxylation sites is 2. The Labute approximate surface area is 351 Å². The van der Waals surface area contributed by atoms with Crippen LogP contribution in [0.1, 0.15) is 66.6 Å². The fourth-order valence-electron chi connectivity index (χ4n) is 12.6. The molecule has 0 N–H and O–H groups in total. The number of hydrogen-bond acceptors (Lipinski definition) is 4. The Balaban J connectivity index is 0.930. The van der Waals surface area contributed by atoms with E-state index in [4.69, 9.17) is 19.7 Å². The molecule has 4 saturated carbocycles.